The molecule has 0 unspecified atom stereocenters. The molecule has 0 heterocycles. The van der Waals surface area contributed by atoms with Crippen molar-refractivity contribution in [2.24, 2.45) is 0 Å². The van der Waals surface area contributed by atoms with Crippen LogP contribution in [0.1, 0.15) is 47.7 Å². The number of hydrogen-bond acceptors (Lipinski definition) is 3. The SMILES string of the molecule is CC(C)c1ccc(CCCNC(=O)c2ccc(NS(=O)(=O)c3ccccc3)cc2)cc1. The molecular weight excluding hydrogens is 408 g/mol. The van der Waals surface area contributed by atoms with E-state index in [0.717, 1.165) is 12.8 Å². The van der Waals surface area contributed by atoms with Gasteiger partial charge >= 0.3 is 0 Å². The summed E-state index contributed by atoms with van der Waals surface area (Å²) in [7, 11) is -3.65. The number of aryl methyl sites for hydroxylation is 1. The molecular formula is C25H28N2O3S. The molecule has 3 aromatic rings. The third-order valence-electron chi connectivity index (χ3n) is 5.03. The maximum Gasteiger partial charge on any atom is 0.261 e. The third kappa shape index (κ3) is 6.43. The Morgan fingerprint density at radius 1 is 0.871 bits per heavy atom. The first kappa shape index (κ1) is 22.6. The molecule has 1 amide bonds. The first-order valence-electron chi connectivity index (χ1n) is 10.4. The van der Waals surface area contributed by atoms with Gasteiger partial charge in [-0.1, -0.05) is 56.3 Å². The van der Waals surface area contributed by atoms with E-state index in [-0.39, 0.29) is 10.8 Å². The summed E-state index contributed by atoms with van der Waals surface area (Å²) in [6.45, 7) is 4.93. The second kappa shape index (κ2) is 10.3. The van der Waals surface area contributed by atoms with E-state index in [9.17, 15) is 13.2 Å². The summed E-state index contributed by atoms with van der Waals surface area (Å²) < 4.78 is 27.3. The van der Waals surface area contributed by atoms with Gasteiger partial charge in [-0.2, -0.15) is 0 Å². The average Bonchev–Trinajstić information content (AvgIpc) is 2.78. The molecule has 0 saturated heterocycles. The molecule has 3 aromatic carbocycles. The maximum atomic E-state index is 12.4. The fourth-order valence-corrected chi connectivity index (χ4v) is 4.25. The van der Waals surface area contributed by atoms with Crippen molar-refractivity contribution in [3.63, 3.8) is 0 Å². The molecule has 0 bridgehead atoms. The van der Waals surface area contributed by atoms with Gasteiger partial charge < -0.3 is 5.32 Å². The van der Waals surface area contributed by atoms with Gasteiger partial charge in [-0.05, 0) is 66.3 Å². The highest BCUT2D eigenvalue weighted by Gasteiger charge is 2.13. The van der Waals surface area contributed by atoms with Gasteiger partial charge in [0.1, 0.15) is 0 Å². The number of rotatable bonds is 9. The minimum Gasteiger partial charge on any atom is -0.352 e. The second-order valence-corrected chi connectivity index (χ2v) is 9.43. The maximum absolute atomic E-state index is 12.4. The number of amides is 1. The summed E-state index contributed by atoms with van der Waals surface area (Å²) in [5.41, 5.74) is 3.48. The average molecular weight is 437 g/mol. The lowest BCUT2D eigenvalue weighted by Crippen LogP contribution is -2.24. The molecule has 6 heteroatoms. The highest BCUT2D eigenvalue weighted by molar-refractivity contribution is 7.92. The first-order valence-corrected chi connectivity index (χ1v) is 11.9. The lowest BCUT2D eigenvalue weighted by atomic mass is 10.0. The number of sulfonamides is 1. The van der Waals surface area contributed by atoms with Crippen LogP contribution in [0, 0.1) is 0 Å². The van der Waals surface area contributed by atoms with Crippen LogP contribution in [0.15, 0.2) is 83.8 Å². The van der Waals surface area contributed by atoms with E-state index < -0.39 is 10.0 Å². The molecule has 31 heavy (non-hydrogen) atoms. The molecule has 0 aliphatic heterocycles. The predicted octanol–water partition coefficient (Wildman–Crippen LogP) is 4.97. The van der Waals surface area contributed by atoms with E-state index in [4.69, 9.17) is 0 Å². The smallest absolute Gasteiger partial charge is 0.261 e. The topological polar surface area (TPSA) is 75.3 Å². The zero-order valence-electron chi connectivity index (χ0n) is 17.8. The number of hydrogen-bond donors (Lipinski definition) is 2. The quantitative estimate of drug-likeness (QED) is 0.465. The van der Waals surface area contributed by atoms with E-state index in [1.165, 1.54) is 23.3 Å². The molecule has 5 nitrogen and oxygen atoms in total. The molecule has 0 aromatic heterocycles. The minimum atomic E-state index is -3.65. The van der Waals surface area contributed by atoms with E-state index in [1.807, 2.05) is 0 Å². The summed E-state index contributed by atoms with van der Waals surface area (Å²) in [6, 6.07) is 23.2. The normalized spacial score (nSPS) is 11.3. The molecule has 2 N–H and O–H groups in total. The predicted molar refractivity (Wildman–Crippen MR) is 125 cm³/mol. The molecule has 162 valence electrons. The third-order valence-corrected chi connectivity index (χ3v) is 6.42. The van der Waals surface area contributed by atoms with Gasteiger partial charge in [0, 0.05) is 17.8 Å². The lowest BCUT2D eigenvalue weighted by Gasteiger charge is -2.10. The number of carbonyl (C=O) groups excluding carboxylic acids is 1. The Balaban J connectivity index is 1.48. The summed E-state index contributed by atoms with van der Waals surface area (Å²) in [6.07, 6.45) is 1.75. The molecule has 0 spiro atoms. The van der Waals surface area contributed by atoms with Crippen molar-refractivity contribution in [3.05, 3.63) is 95.6 Å². The van der Waals surface area contributed by atoms with Crippen molar-refractivity contribution in [3.8, 4) is 0 Å². The van der Waals surface area contributed by atoms with Crippen LogP contribution in [-0.4, -0.2) is 20.9 Å². The summed E-state index contributed by atoms with van der Waals surface area (Å²) in [5, 5.41) is 2.91. The van der Waals surface area contributed by atoms with Gasteiger partial charge in [0.25, 0.3) is 15.9 Å². The Morgan fingerprint density at radius 3 is 2.13 bits per heavy atom. The van der Waals surface area contributed by atoms with Gasteiger partial charge in [0.05, 0.1) is 4.90 Å². The number of benzene rings is 3. The van der Waals surface area contributed by atoms with E-state index in [1.54, 1.807) is 42.5 Å². The highest BCUT2D eigenvalue weighted by Crippen LogP contribution is 2.17. The summed E-state index contributed by atoms with van der Waals surface area (Å²) in [5.74, 6) is 0.348. The second-order valence-electron chi connectivity index (χ2n) is 7.75. The molecule has 0 aliphatic carbocycles. The van der Waals surface area contributed by atoms with Crippen molar-refractivity contribution in [1.82, 2.24) is 5.32 Å². The van der Waals surface area contributed by atoms with Gasteiger partial charge in [-0.3, -0.25) is 9.52 Å². The first-order chi connectivity index (χ1) is 14.8. The lowest BCUT2D eigenvalue weighted by molar-refractivity contribution is 0.0953. The van der Waals surface area contributed by atoms with E-state index >= 15 is 0 Å². The molecule has 0 atom stereocenters. The van der Waals surface area contributed by atoms with E-state index in [0.29, 0.717) is 23.7 Å². The molecule has 0 aliphatic rings. The standard InChI is InChI=1S/C25H28N2O3S/c1-19(2)21-12-10-20(11-13-21)7-6-18-26-25(28)22-14-16-23(17-15-22)27-31(29,30)24-8-4-3-5-9-24/h3-5,8-17,19,27H,6-7,18H2,1-2H3,(H,26,28). The Kier molecular flexibility index (Phi) is 7.47. The highest BCUT2D eigenvalue weighted by atomic mass is 32.2. The Morgan fingerprint density at radius 2 is 1.52 bits per heavy atom. The van der Waals surface area contributed by atoms with Crippen molar-refractivity contribution in [2.75, 3.05) is 11.3 Å². The fourth-order valence-electron chi connectivity index (χ4n) is 3.17. The Bertz CT molecular complexity index is 1090. The van der Waals surface area contributed by atoms with Crippen LogP contribution in [0.4, 0.5) is 5.69 Å². The van der Waals surface area contributed by atoms with Gasteiger partial charge in [-0.15, -0.1) is 0 Å². The van der Waals surface area contributed by atoms with Crippen molar-refractivity contribution < 1.29 is 13.2 Å². The van der Waals surface area contributed by atoms with Crippen molar-refractivity contribution >= 4 is 21.6 Å². The van der Waals surface area contributed by atoms with Gasteiger partial charge in [0.2, 0.25) is 0 Å². The molecule has 0 saturated carbocycles. The van der Waals surface area contributed by atoms with Crippen LogP contribution in [0.25, 0.3) is 0 Å². The Hall–Kier alpha value is -3.12. The number of nitrogens with one attached hydrogen (secondary N) is 2. The minimum absolute atomic E-state index is 0.173. The molecule has 0 fully saturated rings. The Labute approximate surface area is 184 Å². The summed E-state index contributed by atoms with van der Waals surface area (Å²) in [4.78, 5) is 12.5. The summed E-state index contributed by atoms with van der Waals surface area (Å²) >= 11 is 0. The zero-order chi connectivity index (χ0) is 22.3. The van der Waals surface area contributed by atoms with E-state index in [2.05, 4.69) is 48.2 Å². The van der Waals surface area contributed by atoms with Crippen molar-refractivity contribution in [2.45, 2.75) is 37.5 Å². The largest absolute Gasteiger partial charge is 0.352 e. The molecule has 3 rings (SSSR count). The van der Waals surface area contributed by atoms with Crippen LogP contribution in [-0.2, 0) is 16.4 Å². The van der Waals surface area contributed by atoms with Crippen LogP contribution < -0.4 is 10.0 Å². The van der Waals surface area contributed by atoms with Gasteiger partial charge in [0.15, 0.2) is 0 Å². The number of carbonyl (C=O) groups is 1. The van der Waals surface area contributed by atoms with Gasteiger partial charge in [-0.25, -0.2) is 8.42 Å². The van der Waals surface area contributed by atoms with Crippen molar-refractivity contribution in [1.29, 1.82) is 0 Å². The van der Waals surface area contributed by atoms with Crippen LogP contribution in [0.5, 0.6) is 0 Å². The van der Waals surface area contributed by atoms with Crippen LogP contribution in [0.3, 0.4) is 0 Å². The van der Waals surface area contributed by atoms with Crippen LogP contribution >= 0.6 is 0 Å². The number of anilines is 1. The van der Waals surface area contributed by atoms with Crippen LogP contribution in [0.2, 0.25) is 0 Å². The zero-order valence-corrected chi connectivity index (χ0v) is 18.7. The fraction of sp³-hybridized carbons (Fsp3) is 0.240. The molecule has 0 radical (unpaired) electrons. The monoisotopic (exact) mass is 436 g/mol.